The average molecular weight is 210 g/mol. The van der Waals surface area contributed by atoms with Crippen molar-refractivity contribution < 1.29 is 4.79 Å². The van der Waals surface area contributed by atoms with Gasteiger partial charge < -0.3 is 0 Å². The number of halogens is 1. The van der Waals surface area contributed by atoms with Crippen molar-refractivity contribution in [1.82, 2.24) is 0 Å². The summed E-state index contributed by atoms with van der Waals surface area (Å²) in [6.45, 7) is 5.63. The predicted molar refractivity (Wildman–Crippen MR) is 57.3 cm³/mol. The van der Waals surface area contributed by atoms with E-state index in [1.807, 2.05) is 32.9 Å². The molecule has 1 aromatic carbocycles. The summed E-state index contributed by atoms with van der Waals surface area (Å²) in [4.78, 5) is 14.0. The zero-order chi connectivity index (χ0) is 10.8. The van der Waals surface area contributed by atoms with Crippen molar-refractivity contribution in [3.05, 3.63) is 34.3 Å². The highest BCUT2D eigenvalue weighted by atomic mass is 35.5. The number of hydrogen-bond donors (Lipinski definition) is 0. The molecule has 74 valence electrons. The summed E-state index contributed by atoms with van der Waals surface area (Å²) < 4.78 is 0. The summed E-state index contributed by atoms with van der Waals surface area (Å²) in [5.74, 6) is 0. The number of benzene rings is 1. The molecule has 0 aliphatic heterocycles. The molecule has 0 N–H and O–H groups in total. The molecule has 0 bridgehead atoms. The third-order valence-corrected chi connectivity index (χ3v) is 2.47. The van der Waals surface area contributed by atoms with E-state index in [1.54, 1.807) is 12.1 Å². The minimum atomic E-state index is -0.607. The number of aliphatic imine (C=N–C) groups is 1. The van der Waals surface area contributed by atoms with Gasteiger partial charge in [0.25, 0.3) is 0 Å². The molecule has 0 aromatic heterocycles. The van der Waals surface area contributed by atoms with Crippen LogP contribution in [0.15, 0.2) is 23.2 Å². The van der Waals surface area contributed by atoms with Crippen LogP contribution in [0.4, 0.5) is 0 Å². The lowest BCUT2D eigenvalue weighted by Gasteiger charge is -2.21. The lowest BCUT2D eigenvalue weighted by atomic mass is 9.91. The van der Waals surface area contributed by atoms with Crippen molar-refractivity contribution in [3.63, 3.8) is 0 Å². The number of rotatable bonds is 2. The number of carbonyl (C=O) groups excluding carboxylic acids is 1. The van der Waals surface area contributed by atoms with Crippen LogP contribution in [0.3, 0.4) is 0 Å². The lowest BCUT2D eigenvalue weighted by Crippen LogP contribution is -2.15. The summed E-state index contributed by atoms with van der Waals surface area (Å²) in [6, 6.07) is 5.62. The third kappa shape index (κ3) is 2.03. The Balaban J connectivity index is 3.37. The molecule has 0 aliphatic carbocycles. The maximum atomic E-state index is 10.3. The SMILES string of the molecule is Cc1cccc(Cl)c1C(C)(C)N=C=O. The highest BCUT2D eigenvalue weighted by Gasteiger charge is 2.24. The molecule has 0 radical (unpaired) electrons. The van der Waals surface area contributed by atoms with E-state index in [-0.39, 0.29) is 0 Å². The predicted octanol–water partition coefficient (Wildman–Crippen LogP) is 3.22. The Morgan fingerprint density at radius 2 is 2.07 bits per heavy atom. The first-order chi connectivity index (χ1) is 6.49. The van der Waals surface area contributed by atoms with E-state index in [0.717, 1.165) is 11.1 Å². The van der Waals surface area contributed by atoms with Gasteiger partial charge in [-0.3, -0.25) is 0 Å². The van der Waals surface area contributed by atoms with Crippen LogP contribution in [0.25, 0.3) is 0 Å². The zero-order valence-electron chi connectivity index (χ0n) is 8.47. The monoisotopic (exact) mass is 209 g/mol. The van der Waals surface area contributed by atoms with Gasteiger partial charge in [0.15, 0.2) is 0 Å². The number of aryl methyl sites for hydroxylation is 1. The van der Waals surface area contributed by atoms with Crippen molar-refractivity contribution in [2.45, 2.75) is 26.3 Å². The molecule has 2 nitrogen and oxygen atoms in total. The van der Waals surface area contributed by atoms with E-state index < -0.39 is 5.54 Å². The third-order valence-electron chi connectivity index (χ3n) is 2.16. The maximum absolute atomic E-state index is 10.3. The van der Waals surface area contributed by atoms with Crippen LogP contribution in [0, 0.1) is 6.92 Å². The first-order valence-electron chi connectivity index (χ1n) is 4.33. The fraction of sp³-hybridized carbons (Fsp3) is 0.364. The van der Waals surface area contributed by atoms with Gasteiger partial charge in [-0.15, -0.1) is 0 Å². The van der Waals surface area contributed by atoms with Gasteiger partial charge in [-0.05, 0) is 32.4 Å². The van der Waals surface area contributed by atoms with Crippen molar-refractivity contribution in [3.8, 4) is 0 Å². The van der Waals surface area contributed by atoms with Gasteiger partial charge in [-0.2, -0.15) is 4.99 Å². The Morgan fingerprint density at radius 3 is 2.57 bits per heavy atom. The van der Waals surface area contributed by atoms with Gasteiger partial charge in [0.2, 0.25) is 6.08 Å². The van der Waals surface area contributed by atoms with E-state index >= 15 is 0 Å². The first-order valence-corrected chi connectivity index (χ1v) is 4.71. The van der Waals surface area contributed by atoms with Gasteiger partial charge in [-0.1, -0.05) is 23.7 Å². The molecule has 0 fully saturated rings. The smallest absolute Gasteiger partial charge is 0.211 e. The van der Waals surface area contributed by atoms with Crippen molar-refractivity contribution in [2.75, 3.05) is 0 Å². The minimum absolute atomic E-state index is 0.607. The van der Waals surface area contributed by atoms with Crippen LogP contribution < -0.4 is 0 Å². The molecule has 0 saturated heterocycles. The van der Waals surface area contributed by atoms with Crippen LogP contribution in [0.5, 0.6) is 0 Å². The quantitative estimate of drug-likeness (QED) is 0.543. The van der Waals surface area contributed by atoms with E-state index in [4.69, 9.17) is 11.6 Å². The Kier molecular flexibility index (Phi) is 3.10. The van der Waals surface area contributed by atoms with Gasteiger partial charge in [0.1, 0.15) is 0 Å². The molecular formula is C11H12ClNO. The Bertz CT molecular complexity index is 372. The first kappa shape index (κ1) is 11.0. The van der Waals surface area contributed by atoms with Gasteiger partial charge >= 0.3 is 0 Å². The van der Waals surface area contributed by atoms with Crippen LogP contribution in [-0.4, -0.2) is 6.08 Å². The highest BCUT2D eigenvalue weighted by Crippen LogP contribution is 2.33. The normalized spacial score (nSPS) is 10.9. The molecule has 0 saturated carbocycles. The zero-order valence-corrected chi connectivity index (χ0v) is 9.22. The lowest BCUT2D eigenvalue weighted by molar-refractivity contribution is 0.521. The molecule has 0 atom stereocenters. The fourth-order valence-corrected chi connectivity index (χ4v) is 2.03. The molecule has 0 spiro atoms. The molecular weight excluding hydrogens is 198 g/mol. The van der Waals surface area contributed by atoms with E-state index in [0.29, 0.717) is 5.02 Å². The standard InChI is InChI=1S/C11H12ClNO/c1-8-5-4-6-9(12)10(8)11(2,3)13-7-14/h4-6H,1-3H3. The number of hydrogen-bond acceptors (Lipinski definition) is 2. The molecule has 1 rings (SSSR count). The maximum Gasteiger partial charge on any atom is 0.235 e. The largest absolute Gasteiger partial charge is 0.235 e. The number of nitrogens with zero attached hydrogens (tertiary/aromatic N) is 1. The Labute approximate surface area is 88.6 Å². The van der Waals surface area contributed by atoms with Crippen molar-refractivity contribution in [1.29, 1.82) is 0 Å². The molecule has 0 unspecified atom stereocenters. The van der Waals surface area contributed by atoms with Crippen LogP contribution in [0.2, 0.25) is 5.02 Å². The van der Waals surface area contributed by atoms with Gasteiger partial charge in [-0.25, -0.2) is 4.79 Å². The second-order valence-corrected chi connectivity index (χ2v) is 4.10. The van der Waals surface area contributed by atoms with Crippen LogP contribution in [-0.2, 0) is 10.3 Å². The Hall–Kier alpha value is -1.11. The Morgan fingerprint density at radius 1 is 1.43 bits per heavy atom. The van der Waals surface area contributed by atoms with Crippen molar-refractivity contribution in [2.24, 2.45) is 4.99 Å². The van der Waals surface area contributed by atoms with E-state index in [2.05, 4.69) is 4.99 Å². The van der Waals surface area contributed by atoms with E-state index in [1.165, 1.54) is 0 Å². The molecule has 0 amide bonds. The fourth-order valence-electron chi connectivity index (χ4n) is 1.58. The number of isocyanates is 1. The van der Waals surface area contributed by atoms with Gasteiger partial charge in [0, 0.05) is 10.6 Å². The molecule has 3 heteroatoms. The molecule has 0 aliphatic rings. The summed E-state index contributed by atoms with van der Waals surface area (Å²) in [5.41, 5.74) is 1.30. The summed E-state index contributed by atoms with van der Waals surface area (Å²) in [5, 5.41) is 0.633. The van der Waals surface area contributed by atoms with E-state index in [9.17, 15) is 4.79 Å². The second-order valence-electron chi connectivity index (χ2n) is 3.69. The van der Waals surface area contributed by atoms with Crippen LogP contribution in [0.1, 0.15) is 25.0 Å². The highest BCUT2D eigenvalue weighted by molar-refractivity contribution is 6.31. The summed E-state index contributed by atoms with van der Waals surface area (Å²) in [6.07, 6.45) is 1.58. The van der Waals surface area contributed by atoms with Crippen molar-refractivity contribution >= 4 is 17.7 Å². The summed E-state index contributed by atoms with van der Waals surface area (Å²) in [7, 11) is 0. The molecule has 1 aromatic rings. The molecule has 14 heavy (non-hydrogen) atoms. The topological polar surface area (TPSA) is 29.4 Å². The second kappa shape index (κ2) is 3.95. The average Bonchev–Trinajstić information content (AvgIpc) is 2.02. The van der Waals surface area contributed by atoms with Gasteiger partial charge in [0.05, 0.1) is 5.54 Å². The summed E-state index contributed by atoms with van der Waals surface area (Å²) >= 11 is 6.06. The van der Waals surface area contributed by atoms with Crippen LogP contribution >= 0.6 is 11.6 Å². The minimum Gasteiger partial charge on any atom is -0.211 e. The molecule has 0 heterocycles.